The van der Waals surface area contributed by atoms with Crippen molar-refractivity contribution in [2.24, 2.45) is 0 Å². The molecule has 2 aromatic carbocycles. The quantitative estimate of drug-likeness (QED) is 0.244. The molecule has 0 fully saturated rings. The van der Waals surface area contributed by atoms with Crippen molar-refractivity contribution < 1.29 is 17.6 Å². The highest BCUT2D eigenvalue weighted by molar-refractivity contribution is 7.98. The lowest BCUT2D eigenvalue weighted by atomic mass is 10.1. The van der Waals surface area contributed by atoms with E-state index in [1.165, 1.54) is 23.5 Å². The molecule has 0 radical (unpaired) electrons. The van der Waals surface area contributed by atoms with Crippen molar-refractivity contribution in [1.82, 2.24) is 4.98 Å². The zero-order valence-corrected chi connectivity index (χ0v) is 22.7. The van der Waals surface area contributed by atoms with Gasteiger partial charge in [-0.3, -0.25) is 0 Å². The molecule has 0 amide bonds. The highest BCUT2D eigenvalue weighted by atomic mass is 32.2. The average molecular weight is 510 g/mol. The summed E-state index contributed by atoms with van der Waals surface area (Å²) in [6, 6.07) is 11.5. The molecule has 0 bridgehead atoms. The van der Waals surface area contributed by atoms with Crippen LogP contribution >= 0.6 is 23.1 Å². The molecule has 0 unspecified atom stereocenters. The van der Waals surface area contributed by atoms with Crippen LogP contribution in [-0.2, 0) is 11.9 Å². The summed E-state index contributed by atoms with van der Waals surface area (Å²) in [5.74, 6) is 1.70. The molecule has 0 N–H and O–H groups in total. The Kier molecular flexibility index (Phi) is 7.41. The van der Waals surface area contributed by atoms with E-state index in [4.69, 9.17) is 4.43 Å². The summed E-state index contributed by atoms with van der Waals surface area (Å²) in [4.78, 5) is 6.86. The number of rotatable bonds is 6. The second-order valence-electron chi connectivity index (χ2n) is 9.68. The number of hydrogen-bond acceptors (Lipinski definition) is 4. The van der Waals surface area contributed by atoms with Gasteiger partial charge in [-0.15, -0.1) is 23.1 Å². The fourth-order valence-corrected chi connectivity index (χ4v) is 6.18. The predicted octanol–water partition coefficient (Wildman–Crippen LogP) is 9.12. The lowest BCUT2D eigenvalue weighted by molar-refractivity contribution is -0.137. The van der Waals surface area contributed by atoms with Gasteiger partial charge in [0.2, 0.25) is 8.32 Å². The number of halogens is 3. The van der Waals surface area contributed by atoms with Crippen LogP contribution in [0.3, 0.4) is 0 Å². The number of nitrogens with zero attached hydrogens (tertiary/aromatic N) is 1. The van der Waals surface area contributed by atoms with Crippen LogP contribution in [-0.4, -0.2) is 13.3 Å². The molecular weight excluding hydrogens is 479 g/mol. The Morgan fingerprint density at radius 1 is 1.00 bits per heavy atom. The van der Waals surface area contributed by atoms with E-state index in [9.17, 15) is 13.2 Å². The number of thioether (sulfide) groups is 1. The summed E-state index contributed by atoms with van der Waals surface area (Å²) in [5, 5.41) is 0.882. The molecule has 178 valence electrons. The van der Waals surface area contributed by atoms with Gasteiger partial charge in [0.05, 0.1) is 11.3 Å². The van der Waals surface area contributed by atoms with E-state index in [-0.39, 0.29) is 5.04 Å². The Labute approximate surface area is 203 Å². The normalized spacial score (nSPS) is 12.8. The maximum absolute atomic E-state index is 12.8. The van der Waals surface area contributed by atoms with Gasteiger partial charge in [-0.2, -0.15) is 13.2 Å². The van der Waals surface area contributed by atoms with Crippen LogP contribution in [0.15, 0.2) is 47.4 Å². The Bertz CT molecular complexity index is 1120. The van der Waals surface area contributed by atoms with Crippen LogP contribution in [0.1, 0.15) is 42.5 Å². The Morgan fingerprint density at radius 3 is 2.18 bits per heavy atom. The summed E-state index contributed by atoms with van der Waals surface area (Å²) in [7, 11) is -1.89. The Balaban J connectivity index is 1.69. The zero-order chi connectivity index (χ0) is 24.6. The molecular formula is C25H30F3NOS2Si. The second kappa shape index (κ2) is 9.47. The fourth-order valence-electron chi connectivity index (χ4n) is 2.89. The van der Waals surface area contributed by atoms with Crippen molar-refractivity contribution in [3.8, 4) is 16.3 Å². The average Bonchev–Trinajstić information content (AvgIpc) is 3.07. The second-order valence-corrected chi connectivity index (χ2v) is 16.5. The minimum absolute atomic E-state index is 0.140. The van der Waals surface area contributed by atoms with Crippen molar-refractivity contribution in [3.63, 3.8) is 0 Å². The van der Waals surface area contributed by atoms with E-state index in [2.05, 4.69) is 64.0 Å². The van der Waals surface area contributed by atoms with Crippen LogP contribution in [0.4, 0.5) is 13.2 Å². The molecule has 1 heterocycles. The molecule has 33 heavy (non-hydrogen) atoms. The molecule has 0 saturated heterocycles. The van der Waals surface area contributed by atoms with E-state index in [1.807, 2.05) is 6.92 Å². The van der Waals surface area contributed by atoms with E-state index >= 15 is 0 Å². The summed E-state index contributed by atoms with van der Waals surface area (Å²) in [6.07, 6.45) is -4.33. The Hall–Kier alpha value is -1.77. The first-order valence-electron chi connectivity index (χ1n) is 10.7. The van der Waals surface area contributed by atoms with Crippen LogP contribution in [0, 0.1) is 13.8 Å². The standard InChI is InChI=1S/C25H30F3NOS2Si/c1-16-14-20(12-13-21(16)30-33(6,7)24(3,4)5)31-15-22-17(2)29-23(32-22)18-8-10-19(11-9-18)25(26,27)28/h8-14H,15H2,1-7H3. The molecule has 0 saturated carbocycles. The first kappa shape index (κ1) is 25.8. The van der Waals surface area contributed by atoms with Crippen LogP contribution in [0.5, 0.6) is 5.75 Å². The number of thiazole rings is 1. The summed E-state index contributed by atoms with van der Waals surface area (Å²) >= 11 is 3.26. The van der Waals surface area contributed by atoms with Gasteiger partial charge in [0, 0.05) is 21.1 Å². The van der Waals surface area contributed by atoms with Gasteiger partial charge >= 0.3 is 6.18 Å². The monoisotopic (exact) mass is 509 g/mol. The molecule has 3 aromatic rings. The van der Waals surface area contributed by atoms with E-state index < -0.39 is 20.1 Å². The van der Waals surface area contributed by atoms with Gasteiger partial charge in [-0.25, -0.2) is 4.98 Å². The topological polar surface area (TPSA) is 22.1 Å². The number of benzene rings is 2. The van der Waals surface area contributed by atoms with Gasteiger partial charge in [-0.05, 0) is 67.9 Å². The van der Waals surface area contributed by atoms with Crippen molar-refractivity contribution in [2.45, 2.75) is 69.6 Å². The van der Waals surface area contributed by atoms with Crippen molar-refractivity contribution in [2.75, 3.05) is 0 Å². The van der Waals surface area contributed by atoms with E-state index in [1.54, 1.807) is 11.8 Å². The maximum atomic E-state index is 12.8. The van der Waals surface area contributed by atoms with E-state index in [0.29, 0.717) is 5.56 Å². The molecule has 0 spiro atoms. The fraction of sp³-hybridized carbons (Fsp3) is 0.400. The SMILES string of the molecule is Cc1cc(SCc2sc(-c3ccc(C(F)(F)F)cc3)nc2C)ccc1O[Si](C)(C)C(C)(C)C. The summed E-state index contributed by atoms with van der Waals surface area (Å²) < 4.78 is 44.9. The maximum Gasteiger partial charge on any atom is 0.416 e. The molecule has 2 nitrogen and oxygen atoms in total. The van der Waals surface area contributed by atoms with Gasteiger partial charge in [0.15, 0.2) is 0 Å². The van der Waals surface area contributed by atoms with Crippen molar-refractivity contribution in [3.05, 3.63) is 64.2 Å². The molecule has 0 atom stereocenters. The third-order valence-corrected chi connectivity index (χ3v) is 12.8. The molecule has 3 rings (SSSR count). The predicted molar refractivity (Wildman–Crippen MR) is 136 cm³/mol. The van der Waals surface area contributed by atoms with Crippen molar-refractivity contribution in [1.29, 1.82) is 0 Å². The largest absolute Gasteiger partial charge is 0.543 e. The number of hydrogen-bond donors (Lipinski definition) is 0. The third kappa shape index (κ3) is 6.22. The first-order valence-corrected chi connectivity index (χ1v) is 15.4. The molecule has 0 aliphatic carbocycles. The first-order chi connectivity index (χ1) is 15.2. The Morgan fingerprint density at radius 2 is 1.64 bits per heavy atom. The highest BCUT2D eigenvalue weighted by Crippen LogP contribution is 2.39. The molecule has 0 aliphatic rings. The molecule has 1 aromatic heterocycles. The minimum atomic E-state index is -4.33. The summed E-state index contributed by atoms with van der Waals surface area (Å²) in [6.45, 7) is 15.2. The van der Waals surface area contributed by atoms with Crippen LogP contribution in [0.25, 0.3) is 10.6 Å². The third-order valence-electron chi connectivity index (χ3n) is 6.04. The van der Waals surface area contributed by atoms with Crippen molar-refractivity contribution >= 4 is 31.4 Å². The number of aromatic nitrogens is 1. The van der Waals surface area contributed by atoms with Gasteiger partial charge in [0.1, 0.15) is 10.8 Å². The smallest absolute Gasteiger partial charge is 0.416 e. The lowest BCUT2D eigenvalue weighted by Crippen LogP contribution is -2.44. The molecule has 8 heteroatoms. The molecule has 0 aliphatic heterocycles. The summed E-state index contributed by atoms with van der Waals surface area (Å²) in [5.41, 5.74) is 2.09. The van der Waals surface area contributed by atoms with Gasteiger partial charge in [-0.1, -0.05) is 32.9 Å². The highest BCUT2D eigenvalue weighted by Gasteiger charge is 2.39. The number of aryl methyl sites for hydroxylation is 2. The number of alkyl halides is 3. The van der Waals surface area contributed by atoms with Crippen LogP contribution < -0.4 is 4.43 Å². The lowest BCUT2D eigenvalue weighted by Gasteiger charge is -2.37. The van der Waals surface area contributed by atoms with Crippen LogP contribution in [0.2, 0.25) is 18.1 Å². The zero-order valence-electron chi connectivity index (χ0n) is 20.1. The minimum Gasteiger partial charge on any atom is -0.543 e. The van der Waals surface area contributed by atoms with Gasteiger partial charge < -0.3 is 4.43 Å². The van der Waals surface area contributed by atoms with E-state index in [0.717, 1.165) is 49.7 Å². The van der Waals surface area contributed by atoms with Gasteiger partial charge in [0.25, 0.3) is 0 Å².